The Morgan fingerprint density at radius 1 is 1.36 bits per heavy atom. The van der Waals surface area contributed by atoms with E-state index in [2.05, 4.69) is 0 Å². The molecule has 2 rings (SSSR count). The molecule has 118 valence electrons. The largest absolute Gasteiger partial charge is 0.465 e. The normalized spacial score (nSPS) is 20.0. The van der Waals surface area contributed by atoms with Crippen molar-refractivity contribution in [2.75, 3.05) is 13.1 Å². The SMILES string of the molecule is N#CC(O)(c1cccc(F)c1F)C1(O)CCN(C(=O)O)CC1. The van der Waals surface area contributed by atoms with Crippen LogP contribution in [0.3, 0.4) is 0 Å². The number of nitrogens with zero attached hydrogens (tertiary/aromatic N) is 2. The third-order valence-corrected chi connectivity index (χ3v) is 4.04. The highest BCUT2D eigenvalue weighted by molar-refractivity contribution is 5.65. The zero-order valence-corrected chi connectivity index (χ0v) is 11.5. The molecule has 1 aromatic carbocycles. The molecule has 8 heteroatoms. The highest BCUT2D eigenvalue weighted by Crippen LogP contribution is 2.41. The first-order valence-corrected chi connectivity index (χ1v) is 6.53. The maximum atomic E-state index is 13.9. The molecule has 1 aliphatic rings. The number of hydrogen-bond donors (Lipinski definition) is 3. The van der Waals surface area contributed by atoms with Crippen molar-refractivity contribution >= 4 is 6.09 Å². The first kappa shape index (κ1) is 16.1. The van der Waals surface area contributed by atoms with Crippen molar-refractivity contribution in [1.82, 2.24) is 4.90 Å². The lowest BCUT2D eigenvalue weighted by molar-refractivity contribution is -0.149. The molecule has 22 heavy (non-hydrogen) atoms. The number of nitriles is 1. The number of halogens is 2. The van der Waals surface area contributed by atoms with Gasteiger partial charge in [-0.2, -0.15) is 5.26 Å². The quantitative estimate of drug-likeness (QED) is 0.711. The molecule has 0 aliphatic carbocycles. The van der Waals surface area contributed by atoms with Gasteiger partial charge in [-0.25, -0.2) is 13.6 Å². The van der Waals surface area contributed by atoms with E-state index in [-0.39, 0.29) is 25.9 Å². The Balaban J connectivity index is 2.41. The Morgan fingerprint density at radius 3 is 2.45 bits per heavy atom. The van der Waals surface area contributed by atoms with Gasteiger partial charge in [-0.05, 0) is 18.9 Å². The molecular weight excluding hydrogens is 298 g/mol. The van der Waals surface area contributed by atoms with Crippen LogP contribution < -0.4 is 0 Å². The van der Waals surface area contributed by atoms with Crippen LogP contribution in [0.4, 0.5) is 13.6 Å². The minimum atomic E-state index is -2.68. The molecule has 0 saturated carbocycles. The maximum absolute atomic E-state index is 13.9. The van der Waals surface area contributed by atoms with Gasteiger partial charge in [-0.1, -0.05) is 12.1 Å². The second-order valence-electron chi connectivity index (χ2n) is 5.22. The molecule has 0 spiro atoms. The summed E-state index contributed by atoms with van der Waals surface area (Å²) in [6.07, 6.45) is -1.75. The van der Waals surface area contributed by atoms with Gasteiger partial charge in [0.1, 0.15) is 11.7 Å². The van der Waals surface area contributed by atoms with Crippen LogP contribution in [-0.4, -0.2) is 45.0 Å². The summed E-state index contributed by atoms with van der Waals surface area (Å²) in [5.41, 5.74) is -5.42. The van der Waals surface area contributed by atoms with Crippen LogP contribution in [0, 0.1) is 23.0 Å². The topological polar surface area (TPSA) is 105 Å². The van der Waals surface area contributed by atoms with Crippen molar-refractivity contribution in [3.8, 4) is 6.07 Å². The van der Waals surface area contributed by atoms with Crippen LogP contribution in [0.15, 0.2) is 18.2 Å². The van der Waals surface area contributed by atoms with E-state index in [0.717, 1.165) is 23.1 Å². The second kappa shape index (κ2) is 5.51. The lowest BCUT2D eigenvalue weighted by atomic mass is 9.72. The number of hydrogen-bond acceptors (Lipinski definition) is 4. The van der Waals surface area contributed by atoms with Gasteiger partial charge < -0.3 is 20.2 Å². The highest BCUT2D eigenvalue weighted by Gasteiger charge is 2.54. The molecule has 6 nitrogen and oxygen atoms in total. The lowest BCUT2D eigenvalue weighted by Crippen LogP contribution is -2.58. The molecular formula is C14H14F2N2O4. The van der Waals surface area contributed by atoms with E-state index in [9.17, 15) is 29.1 Å². The Morgan fingerprint density at radius 2 is 1.95 bits per heavy atom. The molecule has 1 heterocycles. The number of carboxylic acid groups (broad SMARTS) is 1. The summed E-state index contributed by atoms with van der Waals surface area (Å²) < 4.78 is 27.3. The monoisotopic (exact) mass is 312 g/mol. The number of aliphatic hydroxyl groups is 2. The molecule has 1 amide bonds. The summed E-state index contributed by atoms with van der Waals surface area (Å²) in [7, 11) is 0. The van der Waals surface area contributed by atoms with Crippen LogP contribution >= 0.6 is 0 Å². The summed E-state index contributed by atoms with van der Waals surface area (Å²) in [5, 5.41) is 39.2. The number of benzene rings is 1. The summed E-state index contributed by atoms with van der Waals surface area (Å²) >= 11 is 0. The van der Waals surface area contributed by atoms with E-state index >= 15 is 0 Å². The van der Waals surface area contributed by atoms with Gasteiger partial charge in [0.25, 0.3) is 0 Å². The van der Waals surface area contributed by atoms with E-state index in [1.165, 1.54) is 6.07 Å². The summed E-state index contributed by atoms with van der Waals surface area (Å²) in [6, 6.07) is 4.41. The van der Waals surface area contributed by atoms with Gasteiger partial charge in [0.2, 0.25) is 5.60 Å². The van der Waals surface area contributed by atoms with E-state index < -0.39 is 34.5 Å². The van der Waals surface area contributed by atoms with E-state index in [0.29, 0.717) is 0 Å². The molecule has 1 saturated heterocycles. The molecule has 0 bridgehead atoms. The zero-order valence-electron chi connectivity index (χ0n) is 11.5. The molecule has 0 aromatic heterocycles. The fourth-order valence-corrected chi connectivity index (χ4v) is 2.63. The minimum absolute atomic E-state index is 0.132. The fraction of sp³-hybridized carbons (Fsp3) is 0.429. The van der Waals surface area contributed by atoms with Gasteiger partial charge in [0, 0.05) is 18.7 Å². The van der Waals surface area contributed by atoms with Crippen LogP contribution in [0.1, 0.15) is 18.4 Å². The first-order valence-electron chi connectivity index (χ1n) is 6.53. The van der Waals surface area contributed by atoms with Crippen LogP contribution in [0.5, 0.6) is 0 Å². The van der Waals surface area contributed by atoms with Gasteiger partial charge >= 0.3 is 6.09 Å². The first-order chi connectivity index (χ1) is 10.2. The maximum Gasteiger partial charge on any atom is 0.407 e. The average Bonchev–Trinajstić information content (AvgIpc) is 2.49. The second-order valence-corrected chi connectivity index (χ2v) is 5.22. The lowest BCUT2D eigenvalue weighted by Gasteiger charge is -2.44. The Kier molecular flexibility index (Phi) is 4.04. The Labute approximate surface area is 124 Å². The molecule has 0 radical (unpaired) electrons. The summed E-state index contributed by atoms with van der Waals surface area (Å²) in [4.78, 5) is 11.9. The van der Waals surface area contributed by atoms with E-state index in [1.54, 1.807) is 0 Å². The molecule has 3 N–H and O–H groups in total. The van der Waals surface area contributed by atoms with Gasteiger partial charge in [-0.3, -0.25) is 0 Å². The number of rotatable bonds is 2. The van der Waals surface area contributed by atoms with Crippen LogP contribution in [0.2, 0.25) is 0 Å². The van der Waals surface area contributed by atoms with Gasteiger partial charge in [0.05, 0.1) is 0 Å². The molecule has 1 aromatic rings. The summed E-state index contributed by atoms with van der Waals surface area (Å²) in [6.45, 7) is -0.264. The predicted octanol–water partition coefficient (Wildman–Crippen LogP) is 1.18. The van der Waals surface area contributed by atoms with E-state index in [4.69, 9.17) is 5.11 Å². The van der Waals surface area contributed by atoms with Crippen LogP contribution in [0.25, 0.3) is 0 Å². The third-order valence-electron chi connectivity index (χ3n) is 4.04. The molecule has 1 fully saturated rings. The van der Waals surface area contributed by atoms with Crippen molar-refractivity contribution < 1.29 is 28.9 Å². The molecule has 1 aliphatic heterocycles. The number of amides is 1. The van der Waals surface area contributed by atoms with Crippen LogP contribution in [-0.2, 0) is 5.60 Å². The molecule has 1 unspecified atom stereocenters. The van der Waals surface area contributed by atoms with E-state index in [1.807, 2.05) is 0 Å². The van der Waals surface area contributed by atoms with Gasteiger partial charge in [0.15, 0.2) is 11.6 Å². The summed E-state index contributed by atoms with van der Waals surface area (Å²) in [5.74, 6) is -2.67. The van der Waals surface area contributed by atoms with Crippen molar-refractivity contribution in [3.05, 3.63) is 35.4 Å². The van der Waals surface area contributed by atoms with Crippen molar-refractivity contribution in [1.29, 1.82) is 5.26 Å². The number of piperidine rings is 1. The van der Waals surface area contributed by atoms with Crippen molar-refractivity contribution in [2.45, 2.75) is 24.0 Å². The minimum Gasteiger partial charge on any atom is -0.465 e. The Hall–Kier alpha value is -2.24. The van der Waals surface area contributed by atoms with Crippen molar-refractivity contribution in [3.63, 3.8) is 0 Å². The average molecular weight is 312 g/mol. The standard InChI is InChI=1S/C14H14F2N2O4/c15-10-3-1-2-9(11(10)16)14(22,8-17)13(21)4-6-18(7-5-13)12(19)20/h1-3,21-22H,4-7H2,(H,19,20). The highest BCUT2D eigenvalue weighted by atomic mass is 19.2. The Bertz CT molecular complexity index is 638. The predicted molar refractivity (Wildman–Crippen MR) is 69.6 cm³/mol. The van der Waals surface area contributed by atoms with Crippen molar-refractivity contribution in [2.24, 2.45) is 0 Å². The number of likely N-dealkylation sites (tertiary alicyclic amines) is 1. The fourth-order valence-electron chi connectivity index (χ4n) is 2.63. The number of carbonyl (C=O) groups is 1. The van der Waals surface area contributed by atoms with Gasteiger partial charge in [-0.15, -0.1) is 0 Å². The smallest absolute Gasteiger partial charge is 0.407 e. The third kappa shape index (κ3) is 2.38. The molecule has 1 atom stereocenters. The zero-order chi connectivity index (χ0) is 16.5.